The Morgan fingerprint density at radius 3 is 2.18 bits per heavy atom. The molecule has 0 aromatic carbocycles. The standard InChI is InChI=1S/C11H24O4S.K/c1-3-4-5-6-7-8-11(12)9-10(2)16(13,14)15;/h10-12H,3-9H2,1-2H3,(H,13,14,15);/q;+1/p-1. The molecule has 4 nitrogen and oxygen atoms in total. The number of aliphatic hydroxyl groups is 1. The van der Waals surface area contributed by atoms with Crippen LogP contribution in [0.3, 0.4) is 0 Å². The summed E-state index contributed by atoms with van der Waals surface area (Å²) < 4.78 is 31.8. The molecule has 98 valence electrons. The molecule has 0 aliphatic carbocycles. The van der Waals surface area contributed by atoms with Crippen LogP contribution in [0.2, 0.25) is 0 Å². The first-order valence-corrected chi connectivity index (χ1v) is 7.47. The minimum atomic E-state index is -4.25. The molecule has 17 heavy (non-hydrogen) atoms. The minimum absolute atomic E-state index is 0. The van der Waals surface area contributed by atoms with Crippen LogP contribution >= 0.6 is 0 Å². The van der Waals surface area contributed by atoms with E-state index in [2.05, 4.69) is 6.92 Å². The van der Waals surface area contributed by atoms with Gasteiger partial charge in [0.2, 0.25) is 0 Å². The molecule has 0 saturated carbocycles. The predicted octanol–water partition coefficient (Wildman–Crippen LogP) is -0.964. The first kappa shape index (κ1) is 20.8. The fraction of sp³-hybridized carbons (Fsp3) is 1.00. The van der Waals surface area contributed by atoms with E-state index in [-0.39, 0.29) is 57.8 Å². The van der Waals surface area contributed by atoms with Crippen LogP contribution in [0, 0.1) is 0 Å². The van der Waals surface area contributed by atoms with Gasteiger partial charge in [-0.1, -0.05) is 39.0 Å². The first-order valence-electron chi connectivity index (χ1n) is 6.00. The minimum Gasteiger partial charge on any atom is -0.748 e. The molecule has 2 atom stereocenters. The monoisotopic (exact) mass is 290 g/mol. The molecule has 0 fully saturated rings. The van der Waals surface area contributed by atoms with Gasteiger partial charge in [-0.15, -0.1) is 0 Å². The Hall–Kier alpha value is 1.51. The average Bonchev–Trinajstić information content (AvgIpc) is 2.16. The topological polar surface area (TPSA) is 77.4 Å². The zero-order valence-electron chi connectivity index (χ0n) is 11.2. The number of rotatable bonds is 9. The average molecular weight is 290 g/mol. The van der Waals surface area contributed by atoms with E-state index in [4.69, 9.17) is 0 Å². The fourth-order valence-electron chi connectivity index (χ4n) is 1.60. The third-order valence-corrected chi connectivity index (χ3v) is 3.92. The number of aliphatic hydroxyl groups excluding tert-OH is 1. The summed E-state index contributed by atoms with van der Waals surface area (Å²) in [4.78, 5) is 0. The molecule has 0 spiro atoms. The van der Waals surface area contributed by atoms with Gasteiger partial charge in [0.05, 0.1) is 16.2 Å². The Morgan fingerprint density at radius 2 is 1.71 bits per heavy atom. The van der Waals surface area contributed by atoms with Gasteiger partial charge in [0.1, 0.15) is 0 Å². The molecule has 0 amide bonds. The third kappa shape index (κ3) is 12.3. The van der Waals surface area contributed by atoms with Gasteiger partial charge in [-0.3, -0.25) is 0 Å². The fourth-order valence-corrected chi connectivity index (χ4v) is 2.06. The third-order valence-electron chi connectivity index (χ3n) is 2.74. The van der Waals surface area contributed by atoms with E-state index in [1.807, 2.05) is 0 Å². The van der Waals surface area contributed by atoms with Gasteiger partial charge < -0.3 is 9.66 Å². The largest absolute Gasteiger partial charge is 1.00 e. The predicted molar refractivity (Wildman–Crippen MR) is 63.2 cm³/mol. The van der Waals surface area contributed by atoms with Gasteiger partial charge in [0, 0.05) is 5.25 Å². The molecule has 0 saturated heterocycles. The van der Waals surface area contributed by atoms with Crippen LogP contribution in [-0.2, 0) is 10.1 Å². The van der Waals surface area contributed by atoms with Crippen molar-refractivity contribution in [3.8, 4) is 0 Å². The van der Waals surface area contributed by atoms with Crippen molar-refractivity contribution in [1.82, 2.24) is 0 Å². The maximum Gasteiger partial charge on any atom is 1.00 e. The van der Waals surface area contributed by atoms with E-state index in [0.29, 0.717) is 6.42 Å². The maximum atomic E-state index is 10.6. The summed E-state index contributed by atoms with van der Waals surface area (Å²) in [5.41, 5.74) is 0. The molecule has 0 aromatic heterocycles. The van der Waals surface area contributed by atoms with Crippen molar-refractivity contribution in [1.29, 1.82) is 0 Å². The van der Waals surface area contributed by atoms with Gasteiger partial charge in [-0.05, 0) is 19.8 Å². The van der Waals surface area contributed by atoms with Gasteiger partial charge in [-0.2, -0.15) is 0 Å². The van der Waals surface area contributed by atoms with Crippen molar-refractivity contribution in [2.75, 3.05) is 0 Å². The van der Waals surface area contributed by atoms with Gasteiger partial charge >= 0.3 is 51.4 Å². The molecule has 0 bridgehead atoms. The van der Waals surface area contributed by atoms with Crippen LogP contribution in [0.1, 0.15) is 58.8 Å². The smallest absolute Gasteiger partial charge is 0.748 e. The van der Waals surface area contributed by atoms with Crippen LogP contribution in [-0.4, -0.2) is 29.4 Å². The molecule has 0 aromatic rings. The Labute approximate surface area is 148 Å². The van der Waals surface area contributed by atoms with E-state index in [1.165, 1.54) is 19.8 Å². The summed E-state index contributed by atoms with van der Waals surface area (Å²) in [6, 6.07) is 0. The Kier molecular flexibility index (Phi) is 13.9. The van der Waals surface area contributed by atoms with Gasteiger partial charge in [0.15, 0.2) is 0 Å². The molecule has 0 aliphatic heterocycles. The van der Waals surface area contributed by atoms with Crippen molar-refractivity contribution in [2.45, 2.75) is 70.1 Å². The van der Waals surface area contributed by atoms with Crippen molar-refractivity contribution in [3.05, 3.63) is 0 Å². The van der Waals surface area contributed by atoms with Gasteiger partial charge in [-0.25, -0.2) is 8.42 Å². The quantitative estimate of drug-likeness (QED) is 0.337. The second kappa shape index (κ2) is 11.3. The summed E-state index contributed by atoms with van der Waals surface area (Å²) in [7, 11) is -4.25. The molecule has 0 aliphatic rings. The Morgan fingerprint density at radius 1 is 1.18 bits per heavy atom. The molecule has 0 heterocycles. The van der Waals surface area contributed by atoms with Crippen molar-refractivity contribution < 1.29 is 69.5 Å². The Balaban J connectivity index is 0. The zero-order valence-corrected chi connectivity index (χ0v) is 15.1. The van der Waals surface area contributed by atoms with E-state index >= 15 is 0 Å². The normalized spacial score (nSPS) is 15.1. The SMILES string of the molecule is CCCCCCCC(O)CC(C)S(=O)(=O)[O-].[K+]. The van der Waals surface area contributed by atoms with Crippen LogP contribution in [0.15, 0.2) is 0 Å². The summed E-state index contributed by atoms with van der Waals surface area (Å²) in [6.45, 7) is 3.48. The first-order chi connectivity index (χ1) is 7.38. The van der Waals surface area contributed by atoms with E-state index in [1.54, 1.807) is 0 Å². The molecule has 0 radical (unpaired) electrons. The summed E-state index contributed by atoms with van der Waals surface area (Å²) in [5.74, 6) is 0. The van der Waals surface area contributed by atoms with Crippen molar-refractivity contribution in [2.24, 2.45) is 0 Å². The molecule has 6 heteroatoms. The van der Waals surface area contributed by atoms with E-state index in [9.17, 15) is 18.1 Å². The second-order valence-electron chi connectivity index (χ2n) is 4.40. The van der Waals surface area contributed by atoms with E-state index in [0.717, 1.165) is 19.3 Å². The summed E-state index contributed by atoms with van der Waals surface area (Å²) in [5, 5.41) is 8.55. The molecular formula is C11H23KO4S. The number of unbranched alkanes of at least 4 members (excludes halogenated alkanes) is 4. The van der Waals surface area contributed by atoms with Crippen molar-refractivity contribution >= 4 is 10.1 Å². The van der Waals surface area contributed by atoms with E-state index < -0.39 is 21.5 Å². The molecular weight excluding hydrogens is 267 g/mol. The molecule has 0 rings (SSSR count). The van der Waals surface area contributed by atoms with Gasteiger partial charge in [0.25, 0.3) is 0 Å². The van der Waals surface area contributed by atoms with Crippen LogP contribution in [0.4, 0.5) is 0 Å². The number of hydrogen-bond donors (Lipinski definition) is 1. The maximum absolute atomic E-state index is 10.6. The summed E-state index contributed by atoms with van der Waals surface area (Å²) >= 11 is 0. The van der Waals surface area contributed by atoms with Crippen LogP contribution < -0.4 is 51.4 Å². The molecule has 1 N–H and O–H groups in total. The second-order valence-corrected chi connectivity index (χ2v) is 6.19. The molecule has 2 unspecified atom stereocenters. The number of hydrogen-bond acceptors (Lipinski definition) is 4. The van der Waals surface area contributed by atoms with Crippen LogP contribution in [0.25, 0.3) is 0 Å². The van der Waals surface area contributed by atoms with Crippen molar-refractivity contribution in [3.63, 3.8) is 0 Å². The zero-order chi connectivity index (χ0) is 12.6. The summed E-state index contributed by atoms with van der Waals surface area (Å²) in [6.07, 6.45) is 5.45. The Bertz CT molecular complexity index is 267. The van der Waals surface area contributed by atoms with Crippen LogP contribution in [0.5, 0.6) is 0 Å².